The number of fused-ring (bicyclic) bond motifs is 4. The van der Waals surface area contributed by atoms with Gasteiger partial charge in [0.15, 0.2) is 0 Å². The summed E-state index contributed by atoms with van der Waals surface area (Å²) < 4.78 is 5.15. The number of benzene rings is 1. The van der Waals surface area contributed by atoms with Gasteiger partial charge >= 0.3 is 5.97 Å². The third-order valence-corrected chi connectivity index (χ3v) is 6.88. The van der Waals surface area contributed by atoms with Crippen LogP contribution in [0.4, 0.5) is 0 Å². The number of H-pyrrole nitrogens is 1. The van der Waals surface area contributed by atoms with Crippen LogP contribution in [0.5, 0.6) is 0 Å². The fourth-order valence-corrected chi connectivity index (χ4v) is 5.72. The quantitative estimate of drug-likeness (QED) is 0.392. The Hall–Kier alpha value is -2.40. The van der Waals surface area contributed by atoms with Crippen LogP contribution in [0.25, 0.3) is 10.9 Å². The number of carbonyl (C=O) groups excluding carboxylic acids is 2. The molecule has 134 valence electrons. The summed E-state index contributed by atoms with van der Waals surface area (Å²) in [5.41, 5.74) is 3.70. The first-order chi connectivity index (χ1) is 12.7. The Kier molecular flexibility index (Phi) is 3.23. The van der Waals surface area contributed by atoms with Gasteiger partial charge < -0.3 is 14.5 Å². The topological polar surface area (TPSA) is 62.4 Å². The van der Waals surface area contributed by atoms with Crippen molar-refractivity contribution in [2.45, 2.75) is 31.8 Å². The van der Waals surface area contributed by atoms with Gasteiger partial charge in [0.05, 0.1) is 13.2 Å². The first-order valence-corrected chi connectivity index (χ1v) is 9.20. The van der Waals surface area contributed by atoms with Crippen LogP contribution in [-0.2, 0) is 20.7 Å². The minimum atomic E-state index is -1.11. The molecule has 2 aromatic rings. The summed E-state index contributed by atoms with van der Waals surface area (Å²) in [5.74, 6) is -0.481. The Bertz CT molecular complexity index is 959. The van der Waals surface area contributed by atoms with E-state index in [-0.39, 0.29) is 18.0 Å². The van der Waals surface area contributed by atoms with Crippen LogP contribution in [-0.4, -0.2) is 41.8 Å². The second-order valence-corrected chi connectivity index (χ2v) is 7.67. The van der Waals surface area contributed by atoms with Crippen molar-refractivity contribution < 1.29 is 14.3 Å². The standard InChI is InChI=1S/C21H22N2O3/c1-3-12-10-23-17-9-15(12)21(11-24,20(25)26-2)18(23)8-14-13-6-4-5-7-16(13)22-19(14)17/h3-7,11,15,17-18,22H,8-10H2,1-2H3/b12-3+/t15-,17-,18-,21+/m0/s1. The minimum Gasteiger partial charge on any atom is -0.468 e. The number of hydrogen-bond acceptors (Lipinski definition) is 4. The molecule has 6 rings (SSSR count). The van der Waals surface area contributed by atoms with E-state index in [1.165, 1.54) is 29.3 Å². The second-order valence-electron chi connectivity index (χ2n) is 7.67. The van der Waals surface area contributed by atoms with Gasteiger partial charge in [-0.3, -0.25) is 9.69 Å². The number of piperidine rings is 3. The van der Waals surface area contributed by atoms with E-state index >= 15 is 0 Å². The normalized spacial score (nSPS) is 36.2. The number of hydrogen-bond donors (Lipinski definition) is 1. The van der Waals surface area contributed by atoms with E-state index < -0.39 is 11.4 Å². The number of allylic oxidation sites excluding steroid dienone is 1. The molecule has 1 aromatic carbocycles. The molecular weight excluding hydrogens is 328 g/mol. The number of aldehydes is 1. The van der Waals surface area contributed by atoms with E-state index in [9.17, 15) is 9.59 Å². The third-order valence-electron chi connectivity index (χ3n) is 6.88. The highest BCUT2D eigenvalue weighted by atomic mass is 16.5. The highest BCUT2D eigenvalue weighted by Crippen LogP contribution is 2.59. The van der Waals surface area contributed by atoms with Gasteiger partial charge in [-0.15, -0.1) is 0 Å². The van der Waals surface area contributed by atoms with Gasteiger partial charge in [0.2, 0.25) is 0 Å². The number of aromatic nitrogens is 1. The fraction of sp³-hybridized carbons (Fsp3) is 0.429. The Morgan fingerprint density at radius 3 is 2.92 bits per heavy atom. The summed E-state index contributed by atoms with van der Waals surface area (Å²) >= 11 is 0. The molecule has 5 atom stereocenters. The fourth-order valence-electron chi connectivity index (χ4n) is 5.72. The first kappa shape index (κ1) is 15.8. The number of methoxy groups -OCH3 is 1. The van der Waals surface area contributed by atoms with Gasteiger partial charge in [0, 0.05) is 35.1 Å². The predicted octanol–water partition coefficient (Wildman–Crippen LogP) is 2.77. The van der Waals surface area contributed by atoms with E-state index in [0.717, 1.165) is 24.8 Å². The lowest BCUT2D eigenvalue weighted by Crippen LogP contribution is -2.69. The van der Waals surface area contributed by atoms with Gasteiger partial charge in [-0.25, -0.2) is 0 Å². The molecule has 0 aliphatic carbocycles. The molecule has 4 aliphatic rings. The maximum absolute atomic E-state index is 12.9. The molecule has 3 saturated heterocycles. The van der Waals surface area contributed by atoms with Gasteiger partial charge in [-0.2, -0.15) is 0 Å². The molecule has 0 spiro atoms. The van der Waals surface area contributed by atoms with Gasteiger partial charge in [-0.05, 0) is 31.4 Å². The van der Waals surface area contributed by atoms with E-state index in [2.05, 4.69) is 28.1 Å². The summed E-state index contributed by atoms with van der Waals surface area (Å²) in [6.45, 7) is 2.81. The van der Waals surface area contributed by atoms with Crippen LogP contribution in [0, 0.1) is 11.3 Å². The van der Waals surface area contributed by atoms with E-state index in [0.29, 0.717) is 6.42 Å². The number of rotatable bonds is 2. The number of esters is 1. The molecule has 1 aromatic heterocycles. The van der Waals surface area contributed by atoms with Crippen molar-refractivity contribution in [2.24, 2.45) is 11.3 Å². The van der Waals surface area contributed by atoms with Crippen molar-refractivity contribution in [1.29, 1.82) is 0 Å². The molecule has 0 saturated carbocycles. The smallest absolute Gasteiger partial charge is 0.321 e. The van der Waals surface area contributed by atoms with Crippen molar-refractivity contribution >= 4 is 23.2 Å². The first-order valence-electron chi connectivity index (χ1n) is 9.20. The number of aromatic amines is 1. The molecule has 5 heteroatoms. The molecule has 4 bridgehead atoms. The van der Waals surface area contributed by atoms with Crippen molar-refractivity contribution in [2.75, 3.05) is 13.7 Å². The Morgan fingerprint density at radius 1 is 1.38 bits per heavy atom. The van der Waals surface area contributed by atoms with Crippen molar-refractivity contribution in [1.82, 2.24) is 9.88 Å². The molecule has 0 amide bonds. The SMILES string of the molecule is C/C=C1\CN2[C@H]3Cc4c([nH]c5ccccc45)[C@@H]2C[C@@H]1[C@@]3(C=O)C(=O)OC. The molecule has 5 heterocycles. The average Bonchev–Trinajstić information content (AvgIpc) is 3.06. The molecule has 26 heavy (non-hydrogen) atoms. The Morgan fingerprint density at radius 2 is 2.19 bits per heavy atom. The van der Waals surface area contributed by atoms with Gasteiger partial charge in [-0.1, -0.05) is 29.8 Å². The molecule has 1 N–H and O–H groups in total. The molecule has 0 radical (unpaired) electrons. The Labute approximate surface area is 152 Å². The average molecular weight is 350 g/mol. The van der Waals surface area contributed by atoms with Crippen LogP contribution in [0.1, 0.15) is 30.6 Å². The highest BCUT2D eigenvalue weighted by molar-refractivity contribution is 5.96. The van der Waals surface area contributed by atoms with E-state index in [4.69, 9.17) is 4.74 Å². The largest absolute Gasteiger partial charge is 0.468 e. The lowest BCUT2D eigenvalue weighted by atomic mass is 9.55. The van der Waals surface area contributed by atoms with Crippen LogP contribution < -0.4 is 0 Å². The molecular formula is C21H22N2O3. The number of nitrogens with one attached hydrogen (secondary N) is 1. The van der Waals surface area contributed by atoms with Crippen LogP contribution in [0.3, 0.4) is 0 Å². The van der Waals surface area contributed by atoms with Crippen molar-refractivity contribution in [3.05, 3.63) is 47.2 Å². The van der Waals surface area contributed by atoms with Crippen molar-refractivity contribution in [3.63, 3.8) is 0 Å². The van der Waals surface area contributed by atoms with Gasteiger partial charge in [0.1, 0.15) is 11.7 Å². The maximum Gasteiger partial charge on any atom is 0.321 e. The molecule has 5 nitrogen and oxygen atoms in total. The third kappa shape index (κ3) is 1.69. The maximum atomic E-state index is 12.9. The summed E-state index contributed by atoms with van der Waals surface area (Å²) in [6, 6.07) is 8.37. The summed E-state index contributed by atoms with van der Waals surface area (Å²) in [4.78, 5) is 31.2. The number of carbonyl (C=O) groups is 2. The zero-order valence-corrected chi connectivity index (χ0v) is 15.0. The van der Waals surface area contributed by atoms with E-state index in [1.807, 2.05) is 19.1 Å². The highest BCUT2D eigenvalue weighted by Gasteiger charge is 2.65. The molecule has 1 unspecified atom stereocenters. The van der Waals surface area contributed by atoms with Crippen LogP contribution in [0.15, 0.2) is 35.9 Å². The minimum absolute atomic E-state index is 0.0861. The van der Waals surface area contributed by atoms with Crippen LogP contribution in [0.2, 0.25) is 0 Å². The predicted molar refractivity (Wildman–Crippen MR) is 97.6 cm³/mol. The van der Waals surface area contributed by atoms with Crippen molar-refractivity contribution in [3.8, 4) is 0 Å². The van der Waals surface area contributed by atoms with Gasteiger partial charge in [0.25, 0.3) is 0 Å². The Balaban J connectivity index is 1.74. The number of nitrogens with zero attached hydrogens (tertiary/aromatic N) is 1. The monoisotopic (exact) mass is 350 g/mol. The lowest BCUT2D eigenvalue weighted by Gasteiger charge is -2.61. The number of ether oxygens (including phenoxy) is 1. The second kappa shape index (κ2) is 5.30. The summed E-state index contributed by atoms with van der Waals surface area (Å²) in [6.07, 6.45) is 4.40. The zero-order valence-electron chi connectivity index (χ0n) is 15.0. The zero-order chi connectivity index (χ0) is 18.1. The van der Waals surface area contributed by atoms with E-state index in [1.54, 1.807) is 0 Å². The molecule has 4 aliphatic heterocycles. The molecule has 3 fully saturated rings. The summed E-state index contributed by atoms with van der Waals surface area (Å²) in [7, 11) is 1.39. The summed E-state index contributed by atoms with van der Waals surface area (Å²) in [5, 5.41) is 1.20. The number of para-hydroxylation sites is 1. The lowest BCUT2D eigenvalue weighted by molar-refractivity contribution is -0.176. The van der Waals surface area contributed by atoms with Crippen LogP contribution >= 0.6 is 0 Å².